The van der Waals surface area contributed by atoms with E-state index in [0.29, 0.717) is 11.0 Å². The maximum absolute atomic E-state index is 6.17. The first kappa shape index (κ1) is 13.8. The highest BCUT2D eigenvalue weighted by molar-refractivity contribution is 6.30. The first-order chi connectivity index (χ1) is 9.02. The molecule has 0 N–H and O–H groups in total. The monoisotopic (exact) mass is 275 g/mol. The predicted octanol–water partition coefficient (Wildman–Crippen LogP) is 3.73. The fourth-order valence-corrected chi connectivity index (χ4v) is 2.10. The molecule has 19 heavy (non-hydrogen) atoms. The highest BCUT2D eigenvalue weighted by Gasteiger charge is 2.09. The average Bonchev–Trinajstić information content (AvgIpc) is 2.41. The fourth-order valence-electron chi connectivity index (χ4n) is 1.91. The molecule has 0 amide bonds. The van der Waals surface area contributed by atoms with Gasteiger partial charge in [0.1, 0.15) is 5.15 Å². The van der Waals surface area contributed by atoms with Crippen molar-refractivity contribution in [3.05, 3.63) is 40.7 Å². The van der Waals surface area contributed by atoms with Crippen molar-refractivity contribution in [1.82, 2.24) is 9.97 Å². The van der Waals surface area contributed by atoms with Gasteiger partial charge in [-0.2, -0.15) is 0 Å². The van der Waals surface area contributed by atoms with Crippen molar-refractivity contribution >= 4 is 17.3 Å². The Morgan fingerprint density at radius 1 is 1.11 bits per heavy atom. The quantitative estimate of drug-likeness (QED) is 0.799. The van der Waals surface area contributed by atoms with Crippen LogP contribution in [0.2, 0.25) is 5.15 Å². The van der Waals surface area contributed by atoms with Crippen LogP contribution in [0.3, 0.4) is 0 Å². The van der Waals surface area contributed by atoms with Crippen molar-refractivity contribution in [2.45, 2.75) is 20.3 Å². The number of rotatable bonds is 3. The first-order valence-electron chi connectivity index (χ1n) is 6.33. The SMILES string of the molecule is CCc1nc(-c2ccc(N(C)C)cc2)nc(Cl)c1C. The molecule has 0 radical (unpaired) electrons. The molecule has 0 saturated heterocycles. The van der Waals surface area contributed by atoms with Gasteiger partial charge in [-0.3, -0.25) is 0 Å². The second-order valence-electron chi connectivity index (χ2n) is 4.70. The van der Waals surface area contributed by atoms with Gasteiger partial charge >= 0.3 is 0 Å². The van der Waals surface area contributed by atoms with Gasteiger partial charge in [-0.05, 0) is 37.6 Å². The smallest absolute Gasteiger partial charge is 0.161 e. The molecule has 0 aliphatic heterocycles. The number of aromatic nitrogens is 2. The Kier molecular flexibility index (Phi) is 4.05. The molecule has 0 bridgehead atoms. The van der Waals surface area contributed by atoms with Crippen LogP contribution >= 0.6 is 11.6 Å². The largest absolute Gasteiger partial charge is 0.378 e. The van der Waals surface area contributed by atoms with E-state index in [-0.39, 0.29) is 0 Å². The Bertz CT molecular complexity index is 577. The van der Waals surface area contributed by atoms with Crippen LogP contribution in [0, 0.1) is 6.92 Å². The molecule has 3 nitrogen and oxygen atoms in total. The van der Waals surface area contributed by atoms with Gasteiger partial charge in [0.15, 0.2) is 5.82 Å². The lowest BCUT2D eigenvalue weighted by molar-refractivity contribution is 0.976. The van der Waals surface area contributed by atoms with E-state index in [1.807, 2.05) is 33.2 Å². The van der Waals surface area contributed by atoms with Gasteiger partial charge in [0.25, 0.3) is 0 Å². The number of hydrogen-bond donors (Lipinski definition) is 0. The molecule has 0 aliphatic carbocycles. The highest BCUT2D eigenvalue weighted by atomic mass is 35.5. The lowest BCUT2D eigenvalue weighted by atomic mass is 10.1. The Morgan fingerprint density at radius 3 is 2.26 bits per heavy atom. The molecule has 0 atom stereocenters. The van der Waals surface area contributed by atoms with Gasteiger partial charge in [-0.15, -0.1) is 0 Å². The summed E-state index contributed by atoms with van der Waals surface area (Å²) in [7, 11) is 4.03. The van der Waals surface area contributed by atoms with Crippen LogP contribution in [-0.2, 0) is 6.42 Å². The van der Waals surface area contributed by atoms with Crippen LogP contribution in [0.5, 0.6) is 0 Å². The molecule has 1 heterocycles. The molecule has 0 fully saturated rings. The highest BCUT2D eigenvalue weighted by Crippen LogP contribution is 2.24. The fraction of sp³-hybridized carbons (Fsp3) is 0.333. The summed E-state index contributed by atoms with van der Waals surface area (Å²) < 4.78 is 0. The van der Waals surface area contributed by atoms with Crippen molar-refractivity contribution in [1.29, 1.82) is 0 Å². The number of benzene rings is 1. The summed E-state index contributed by atoms with van der Waals surface area (Å²) in [6, 6.07) is 8.15. The third kappa shape index (κ3) is 2.87. The lowest BCUT2D eigenvalue weighted by Gasteiger charge is -2.13. The van der Waals surface area contributed by atoms with Crippen molar-refractivity contribution in [2.24, 2.45) is 0 Å². The molecule has 0 spiro atoms. The first-order valence-corrected chi connectivity index (χ1v) is 6.71. The third-order valence-electron chi connectivity index (χ3n) is 3.16. The average molecular weight is 276 g/mol. The molecule has 1 aromatic heterocycles. The van der Waals surface area contributed by atoms with E-state index >= 15 is 0 Å². The summed E-state index contributed by atoms with van der Waals surface area (Å²) in [5, 5.41) is 0.540. The van der Waals surface area contributed by atoms with Gasteiger partial charge in [0.2, 0.25) is 0 Å². The lowest BCUT2D eigenvalue weighted by Crippen LogP contribution is -2.08. The maximum Gasteiger partial charge on any atom is 0.161 e. The van der Waals surface area contributed by atoms with E-state index in [9.17, 15) is 0 Å². The molecule has 4 heteroatoms. The molecule has 1 aromatic carbocycles. The van der Waals surface area contributed by atoms with E-state index in [2.05, 4.69) is 33.9 Å². The normalized spacial score (nSPS) is 10.6. The number of halogens is 1. The second kappa shape index (κ2) is 5.57. The van der Waals surface area contributed by atoms with Crippen molar-refractivity contribution in [2.75, 3.05) is 19.0 Å². The maximum atomic E-state index is 6.17. The molecular formula is C15H18ClN3. The summed E-state index contributed by atoms with van der Waals surface area (Å²) >= 11 is 6.17. The molecule has 2 rings (SSSR count). The summed E-state index contributed by atoms with van der Waals surface area (Å²) in [6.45, 7) is 4.03. The van der Waals surface area contributed by atoms with Crippen LogP contribution < -0.4 is 4.90 Å². The number of hydrogen-bond acceptors (Lipinski definition) is 3. The van der Waals surface area contributed by atoms with E-state index < -0.39 is 0 Å². The zero-order valence-corrected chi connectivity index (χ0v) is 12.5. The molecule has 100 valence electrons. The van der Waals surface area contributed by atoms with Gasteiger partial charge in [0, 0.05) is 36.6 Å². The zero-order valence-electron chi connectivity index (χ0n) is 11.7. The minimum atomic E-state index is 0.540. The van der Waals surface area contributed by atoms with Crippen molar-refractivity contribution in [3.63, 3.8) is 0 Å². The third-order valence-corrected chi connectivity index (χ3v) is 3.53. The Balaban J connectivity index is 2.44. The van der Waals surface area contributed by atoms with Gasteiger partial charge in [-0.25, -0.2) is 9.97 Å². The van der Waals surface area contributed by atoms with Crippen molar-refractivity contribution < 1.29 is 0 Å². The summed E-state index contributed by atoms with van der Waals surface area (Å²) in [5.41, 5.74) is 4.12. The van der Waals surface area contributed by atoms with Gasteiger partial charge in [0.05, 0.1) is 0 Å². The van der Waals surface area contributed by atoms with E-state index in [1.54, 1.807) is 0 Å². The topological polar surface area (TPSA) is 29.0 Å². The van der Waals surface area contributed by atoms with E-state index in [4.69, 9.17) is 11.6 Å². The van der Waals surface area contributed by atoms with Gasteiger partial charge < -0.3 is 4.90 Å². The van der Waals surface area contributed by atoms with Crippen LogP contribution in [0.4, 0.5) is 5.69 Å². The Morgan fingerprint density at radius 2 is 1.74 bits per heavy atom. The molecular weight excluding hydrogens is 258 g/mol. The second-order valence-corrected chi connectivity index (χ2v) is 5.06. The van der Waals surface area contributed by atoms with Gasteiger partial charge in [-0.1, -0.05) is 18.5 Å². The molecule has 0 saturated carbocycles. The van der Waals surface area contributed by atoms with E-state index in [1.165, 1.54) is 0 Å². The van der Waals surface area contributed by atoms with Crippen LogP contribution in [-0.4, -0.2) is 24.1 Å². The van der Waals surface area contributed by atoms with Crippen LogP contribution in [0.15, 0.2) is 24.3 Å². The predicted molar refractivity (Wildman–Crippen MR) is 80.9 cm³/mol. The summed E-state index contributed by atoms with van der Waals surface area (Å²) in [4.78, 5) is 11.0. The minimum Gasteiger partial charge on any atom is -0.378 e. The number of aryl methyl sites for hydroxylation is 1. The minimum absolute atomic E-state index is 0.540. The van der Waals surface area contributed by atoms with E-state index in [0.717, 1.165) is 28.9 Å². The molecule has 0 unspecified atom stereocenters. The molecule has 0 aliphatic rings. The number of nitrogens with zero attached hydrogens (tertiary/aromatic N) is 3. The number of anilines is 1. The van der Waals surface area contributed by atoms with Crippen LogP contribution in [0.25, 0.3) is 11.4 Å². The van der Waals surface area contributed by atoms with Crippen LogP contribution in [0.1, 0.15) is 18.2 Å². The Labute approximate surface area is 119 Å². The van der Waals surface area contributed by atoms with Crippen molar-refractivity contribution in [3.8, 4) is 11.4 Å². The Hall–Kier alpha value is -1.61. The standard InChI is InChI=1S/C15H18ClN3/c1-5-13-10(2)14(16)18-15(17-13)11-6-8-12(9-7-11)19(3)4/h6-9H,5H2,1-4H3. The summed E-state index contributed by atoms with van der Waals surface area (Å²) in [5.74, 6) is 0.692. The zero-order chi connectivity index (χ0) is 14.0. The summed E-state index contributed by atoms with van der Waals surface area (Å²) in [6.07, 6.45) is 0.858. The molecule has 2 aromatic rings.